The van der Waals surface area contributed by atoms with Gasteiger partial charge in [-0.25, -0.2) is 4.39 Å². The van der Waals surface area contributed by atoms with Gasteiger partial charge in [-0.1, -0.05) is 24.3 Å². The second-order valence-electron chi connectivity index (χ2n) is 7.17. The number of morpholine rings is 1. The monoisotopic (exact) mass is 367 g/mol. The van der Waals surface area contributed by atoms with Crippen molar-refractivity contribution < 1.29 is 13.9 Å². The molecule has 0 unspecified atom stereocenters. The molecule has 0 aromatic heterocycles. The van der Waals surface area contributed by atoms with Crippen LogP contribution in [0.25, 0.3) is 11.1 Å². The molecule has 2 aliphatic rings. The van der Waals surface area contributed by atoms with Gasteiger partial charge in [-0.2, -0.15) is 0 Å². The number of hydrogen-bond acceptors (Lipinski definition) is 3. The lowest BCUT2D eigenvalue weighted by Gasteiger charge is -2.40. The van der Waals surface area contributed by atoms with Gasteiger partial charge in [-0.3, -0.25) is 9.69 Å². The lowest BCUT2D eigenvalue weighted by atomic mass is 10.0. The minimum atomic E-state index is -0.379. The van der Waals surface area contributed by atoms with Gasteiger partial charge in [0.15, 0.2) is 0 Å². The van der Waals surface area contributed by atoms with Crippen LogP contribution in [0.5, 0.6) is 0 Å². The van der Waals surface area contributed by atoms with E-state index in [1.54, 1.807) is 6.07 Å². The number of rotatable bonds is 3. The van der Waals surface area contributed by atoms with E-state index in [2.05, 4.69) is 11.0 Å². The first-order chi connectivity index (χ1) is 13.2. The molecule has 2 saturated heterocycles. The summed E-state index contributed by atoms with van der Waals surface area (Å²) in [6.07, 6.45) is 2.03. The second kappa shape index (κ2) is 8.19. The summed E-state index contributed by atoms with van der Waals surface area (Å²) in [7, 11) is 0. The molecular formula is C22H24FN2O2. The molecule has 2 heterocycles. The molecule has 5 heteroatoms. The number of halogens is 1. The fraction of sp³-hybridized carbons (Fsp3) is 0.409. The number of ether oxygens (including phenoxy) is 1. The van der Waals surface area contributed by atoms with Crippen LogP contribution in [-0.4, -0.2) is 61.1 Å². The third-order valence-electron chi connectivity index (χ3n) is 5.55. The molecule has 0 saturated carbocycles. The average molecular weight is 367 g/mol. The van der Waals surface area contributed by atoms with Crippen molar-refractivity contribution in [2.75, 3.05) is 39.4 Å². The zero-order valence-electron chi connectivity index (χ0n) is 15.4. The molecule has 0 N–H and O–H groups in total. The smallest absolute Gasteiger partial charge is 0.253 e. The summed E-state index contributed by atoms with van der Waals surface area (Å²) in [6.45, 7) is 5.21. The highest BCUT2D eigenvalue weighted by atomic mass is 19.1. The predicted molar refractivity (Wildman–Crippen MR) is 102 cm³/mol. The van der Waals surface area contributed by atoms with Crippen LogP contribution in [0.1, 0.15) is 23.2 Å². The van der Waals surface area contributed by atoms with Crippen LogP contribution < -0.4 is 0 Å². The van der Waals surface area contributed by atoms with Gasteiger partial charge in [0.1, 0.15) is 5.82 Å². The van der Waals surface area contributed by atoms with Crippen molar-refractivity contribution in [3.8, 4) is 11.1 Å². The summed E-state index contributed by atoms with van der Waals surface area (Å²) in [6, 6.07) is 15.3. The third-order valence-corrected chi connectivity index (χ3v) is 5.55. The zero-order valence-corrected chi connectivity index (χ0v) is 15.4. The maximum absolute atomic E-state index is 13.3. The molecule has 2 aliphatic heterocycles. The van der Waals surface area contributed by atoms with Gasteiger partial charge >= 0.3 is 0 Å². The first-order valence-corrected chi connectivity index (χ1v) is 9.59. The molecule has 0 aliphatic carbocycles. The third kappa shape index (κ3) is 4.20. The van der Waals surface area contributed by atoms with Gasteiger partial charge < -0.3 is 9.64 Å². The fourth-order valence-electron chi connectivity index (χ4n) is 3.98. The number of likely N-dealkylation sites (tertiary alicyclic amines) is 1. The summed E-state index contributed by atoms with van der Waals surface area (Å²) in [5, 5.41) is 0. The predicted octanol–water partition coefficient (Wildman–Crippen LogP) is 3.23. The zero-order chi connectivity index (χ0) is 18.6. The van der Waals surface area contributed by atoms with Crippen molar-refractivity contribution in [1.82, 2.24) is 9.80 Å². The Hall–Kier alpha value is -2.24. The molecule has 1 amide bonds. The molecule has 0 bridgehead atoms. The van der Waals surface area contributed by atoms with Crippen LogP contribution in [0.4, 0.5) is 4.39 Å². The topological polar surface area (TPSA) is 32.8 Å². The van der Waals surface area contributed by atoms with Gasteiger partial charge in [-0.15, -0.1) is 0 Å². The van der Waals surface area contributed by atoms with Crippen molar-refractivity contribution in [3.05, 3.63) is 59.9 Å². The Morgan fingerprint density at radius 3 is 2.37 bits per heavy atom. The van der Waals surface area contributed by atoms with E-state index in [4.69, 9.17) is 4.74 Å². The molecule has 2 aromatic carbocycles. The summed E-state index contributed by atoms with van der Waals surface area (Å²) in [5.74, 6) is -0.301. The summed E-state index contributed by atoms with van der Waals surface area (Å²) in [5.41, 5.74) is 2.37. The number of carbonyl (C=O) groups is 1. The Labute approximate surface area is 159 Å². The van der Waals surface area contributed by atoms with Crippen LogP contribution in [0.2, 0.25) is 0 Å². The molecule has 2 aromatic rings. The maximum Gasteiger partial charge on any atom is 0.253 e. The van der Waals surface area contributed by atoms with Crippen LogP contribution in [-0.2, 0) is 4.74 Å². The number of nitrogens with zero attached hydrogens (tertiary/aromatic N) is 2. The Morgan fingerprint density at radius 2 is 1.70 bits per heavy atom. The largest absolute Gasteiger partial charge is 0.379 e. The van der Waals surface area contributed by atoms with Gasteiger partial charge in [0.2, 0.25) is 0 Å². The Balaban J connectivity index is 1.37. The van der Waals surface area contributed by atoms with Crippen molar-refractivity contribution >= 4 is 5.91 Å². The van der Waals surface area contributed by atoms with E-state index in [-0.39, 0.29) is 11.7 Å². The summed E-state index contributed by atoms with van der Waals surface area (Å²) < 4.78 is 18.8. The lowest BCUT2D eigenvalue weighted by Crippen LogP contribution is -2.50. The van der Waals surface area contributed by atoms with Crippen LogP contribution >= 0.6 is 0 Å². The first kappa shape index (κ1) is 18.1. The molecular weight excluding hydrogens is 343 g/mol. The Bertz CT molecular complexity index is 779. The molecule has 4 nitrogen and oxygen atoms in total. The molecule has 4 rings (SSSR count). The van der Waals surface area contributed by atoms with E-state index in [0.29, 0.717) is 11.6 Å². The lowest BCUT2D eigenvalue weighted by molar-refractivity contribution is 0.00159. The van der Waals surface area contributed by atoms with Crippen molar-refractivity contribution in [2.24, 2.45) is 0 Å². The van der Waals surface area contributed by atoms with Crippen molar-refractivity contribution in [1.29, 1.82) is 0 Å². The van der Waals surface area contributed by atoms with Gasteiger partial charge in [-0.05, 0) is 42.2 Å². The number of benzene rings is 2. The first-order valence-electron chi connectivity index (χ1n) is 9.59. The quantitative estimate of drug-likeness (QED) is 0.835. The van der Waals surface area contributed by atoms with E-state index < -0.39 is 0 Å². The van der Waals surface area contributed by atoms with E-state index in [9.17, 15) is 9.18 Å². The van der Waals surface area contributed by atoms with Gasteiger partial charge in [0.05, 0.1) is 13.2 Å². The van der Waals surface area contributed by atoms with Gasteiger partial charge in [0.25, 0.3) is 5.91 Å². The maximum atomic E-state index is 13.3. The SMILES string of the molecule is O=C(c1ccc(-c2cc[c]c(F)c2)cc1)N1CCC(N2CCOCC2)CC1. The highest BCUT2D eigenvalue weighted by molar-refractivity contribution is 5.94. The van der Waals surface area contributed by atoms with Crippen molar-refractivity contribution in [2.45, 2.75) is 18.9 Å². The molecule has 27 heavy (non-hydrogen) atoms. The summed E-state index contributed by atoms with van der Waals surface area (Å²) in [4.78, 5) is 17.3. The second-order valence-corrected chi connectivity index (χ2v) is 7.17. The van der Waals surface area contributed by atoms with Crippen molar-refractivity contribution in [3.63, 3.8) is 0 Å². The van der Waals surface area contributed by atoms with E-state index in [0.717, 1.165) is 63.4 Å². The summed E-state index contributed by atoms with van der Waals surface area (Å²) >= 11 is 0. The number of amides is 1. The molecule has 2 fully saturated rings. The van der Waals surface area contributed by atoms with E-state index in [1.165, 1.54) is 6.07 Å². The number of piperidine rings is 1. The van der Waals surface area contributed by atoms with Crippen LogP contribution in [0, 0.1) is 11.9 Å². The number of carbonyl (C=O) groups excluding carboxylic acids is 1. The number of hydrogen-bond donors (Lipinski definition) is 0. The van der Waals surface area contributed by atoms with E-state index in [1.807, 2.05) is 35.2 Å². The Kier molecular flexibility index (Phi) is 5.50. The molecule has 141 valence electrons. The minimum Gasteiger partial charge on any atom is -0.379 e. The molecule has 1 radical (unpaired) electrons. The van der Waals surface area contributed by atoms with Gasteiger partial charge in [0, 0.05) is 43.9 Å². The fourth-order valence-corrected chi connectivity index (χ4v) is 3.98. The highest BCUT2D eigenvalue weighted by Crippen LogP contribution is 2.23. The standard InChI is InChI=1S/C22H24FN2O2/c23-20-3-1-2-19(16-20)17-4-6-18(7-5-17)22(26)25-10-8-21(9-11-25)24-12-14-27-15-13-24/h1-2,4-7,16,21H,8-15H2. The van der Waals surface area contributed by atoms with Crippen LogP contribution in [0.15, 0.2) is 42.5 Å². The van der Waals surface area contributed by atoms with E-state index >= 15 is 0 Å². The average Bonchev–Trinajstić information content (AvgIpc) is 2.74. The molecule has 0 atom stereocenters. The molecule has 0 spiro atoms. The van der Waals surface area contributed by atoms with Crippen LogP contribution in [0.3, 0.4) is 0 Å². The minimum absolute atomic E-state index is 0.0783. The normalized spacial score (nSPS) is 19.2. The Morgan fingerprint density at radius 1 is 1.00 bits per heavy atom. The highest BCUT2D eigenvalue weighted by Gasteiger charge is 2.28.